The van der Waals surface area contributed by atoms with Gasteiger partial charge in [-0.3, -0.25) is 0 Å². The van der Waals surface area contributed by atoms with Gasteiger partial charge in [0, 0.05) is 38.2 Å². The lowest BCUT2D eigenvalue weighted by atomic mass is 9.98. The second-order valence-electron chi connectivity index (χ2n) is 27.2. The zero-order chi connectivity index (χ0) is 77.6. The van der Waals surface area contributed by atoms with Crippen LogP contribution < -0.4 is 0 Å². The van der Waals surface area contributed by atoms with Crippen LogP contribution in [0.25, 0.3) is 127 Å². The lowest BCUT2D eigenvalue weighted by molar-refractivity contribution is 0.0464. The van der Waals surface area contributed by atoms with Gasteiger partial charge >= 0.3 is 23.9 Å². The lowest BCUT2D eigenvalue weighted by Gasteiger charge is -2.18. The summed E-state index contributed by atoms with van der Waals surface area (Å²) in [5.74, 6) is -1.68. The Morgan fingerprint density at radius 2 is 0.675 bits per heavy atom. The molecule has 16 heteroatoms. The number of hydrogen-bond acceptors (Lipinski definition) is 13. The Morgan fingerprint density at radius 3 is 1.09 bits per heavy atom. The lowest BCUT2D eigenvalue weighted by Crippen LogP contribution is -2.07. The Kier molecular flexibility index (Phi) is 19.5. The maximum absolute atomic E-state index is 14.3. The monoisotopic (exact) mass is 1480 g/mol. The first kappa shape index (κ1) is 71.0. The normalized spacial score (nSPS) is 11.1. The molecule has 0 N–H and O–H groups in total. The summed E-state index contributed by atoms with van der Waals surface area (Å²) in [5, 5.41) is 23.3. The van der Waals surface area contributed by atoms with Crippen molar-refractivity contribution in [2.24, 2.45) is 0 Å². The molecule has 3 heterocycles. The number of fused-ring (bicyclic) bond motifs is 6. The fourth-order valence-corrected chi connectivity index (χ4v) is 14.4. The van der Waals surface area contributed by atoms with Crippen molar-refractivity contribution in [2.75, 3.05) is 0 Å². The second kappa shape index (κ2) is 31.3. The molecule has 0 unspecified atom stereocenters. The number of ether oxygens (including phenoxy) is 4. The predicted octanol–water partition coefficient (Wildman–Crippen LogP) is 21.8. The standard InChI is InChI=1S/C98H62N8O8/c1-101-78-33-18-30-68(49-78)70-36-42-91(106-88-45-39-75(97(109)113-60-64-23-10-4-11-24-64)54-82(88)83-55-76(40-46-89(83)106)98(110)114-61-65-25-12-5-13-26-65)85(51-70)94-103-92(72-32-17-31-71(48-72)79-34-15-14-28-77(79)57-100)102-93(104-94)84-50-69(67-29-16-27-66(47-67)56-99)35-41-90(84)105-86-43-37-73(95(107)111-58-62-19-6-2-7-20-62)52-80(86)81-53-74(38-44-87(81)105)96(108)112-59-63-21-8-3-9-22-63/h2-55H,58-61H2. The summed E-state index contributed by atoms with van der Waals surface area (Å²) in [6.45, 7) is 8.24. The van der Waals surface area contributed by atoms with Crippen molar-refractivity contribution < 1.29 is 38.1 Å². The summed E-state index contributed by atoms with van der Waals surface area (Å²) in [6, 6.07) is 105. The first-order valence-electron chi connectivity index (χ1n) is 36.6. The number of benzene rings is 14. The SMILES string of the molecule is [C-]#[N+]c1cccc(-c2ccc(-n3c4ccc(C(=O)OCc5ccccc5)cc4c4cc(C(=O)OCc5ccccc5)ccc43)c(-c3nc(-c4cccc(-c5ccccc5C#N)c4)nc(-c4cc(-c5cccc(C#N)c5)ccc4-n4c5ccc(C(=O)OCc6ccccc6)cc5c5cc(C(=O)OCc6ccccc6)ccc54)n3)c2)c1. The molecule has 0 spiro atoms. The third-order valence-electron chi connectivity index (χ3n) is 20.0. The highest BCUT2D eigenvalue weighted by Gasteiger charge is 2.27. The Balaban J connectivity index is 0.918. The second-order valence-corrected chi connectivity index (χ2v) is 27.2. The first-order chi connectivity index (χ1) is 56.0. The minimum absolute atomic E-state index is 0.0283. The highest BCUT2D eigenvalue weighted by Crippen LogP contribution is 2.44. The predicted molar refractivity (Wildman–Crippen MR) is 439 cm³/mol. The molecule has 0 fully saturated rings. The number of aromatic nitrogens is 5. The van der Waals surface area contributed by atoms with Crippen LogP contribution in [-0.2, 0) is 45.4 Å². The summed E-state index contributed by atoms with van der Waals surface area (Å²) >= 11 is 0. The van der Waals surface area contributed by atoms with E-state index >= 15 is 0 Å². The molecule has 114 heavy (non-hydrogen) atoms. The molecule has 0 aliphatic carbocycles. The number of carbonyl (C=O) groups is 4. The van der Waals surface area contributed by atoms with Gasteiger partial charge in [0.05, 0.1) is 85.5 Å². The highest BCUT2D eigenvalue weighted by molar-refractivity contribution is 6.15. The van der Waals surface area contributed by atoms with Crippen molar-refractivity contribution in [2.45, 2.75) is 26.4 Å². The van der Waals surface area contributed by atoms with Gasteiger partial charge in [-0.15, -0.1) is 0 Å². The van der Waals surface area contributed by atoms with Gasteiger partial charge in [-0.1, -0.05) is 200 Å². The molecule has 0 saturated carbocycles. The van der Waals surface area contributed by atoms with Gasteiger partial charge < -0.3 is 28.1 Å². The molecule has 16 nitrogen and oxygen atoms in total. The van der Waals surface area contributed by atoms with Crippen LogP contribution in [0.1, 0.15) is 74.8 Å². The highest BCUT2D eigenvalue weighted by atomic mass is 16.5. The van der Waals surface area contributed by atoms with E-state index in [4.69, 9.17) is 40.5 Å². The van der Waals surface area contributed by atoms with Crippen molar-refractivity contribution in [1.82, 2.24) is 24.1 Å². The van der Waals surface area contributed by atoms with E-state index in [0.717, 1.165) is 27.8 Å². The summed E-state index contributed by atoms with van der Waals surface area (Å²) in [4.78, 5) is 77.9. The number of nitrogens with zero attached hydrogens (tertiary/aromatic N) is 8. The third kappa shape index (κ3) is 14.4. The summed E-state index contributed by atoms with van der Waals surface area (Å²) in [5.41, 5.74) is 14.9. The van der Waals surface area contributed by atoms with Gasteiger partial charge in [0.1, 0.15) is 26.4 Å². The van der Waals surface area contributed by atoms with Crippen LogP contribution in [0.4, 0.5) is 5.69 Å². The number of carbonyl (C=O) groups excluding carboxylic acids is 4. The Morgan fingerprint density at radius 1 is 0.316 bits per heavy atom. The molecular weight excluding hydrogens is 1420 g/mol. The van der Waals surface area contributed by atoms with E-state index in [1.165, 1.54) is 0 Å². The van der Waals surface area contributed by atoms with E-state index in [9.17, 15) is 29.7 Å². The Labute approximate surface area is 654 Å². The van der Waals surface area contributed by atoms with Gasteiger partial charge in [0.25, 0.3) is 0 Å². The molecule has 0 aliphatic rings. The number of esters is 4. The van der Waals surface area contributed by atoms with Crippen molar-refractivity contribution in [3.63, 3.8) is 0 Å². The smallest absolute Gasteiger partial charge is 0.338 e. The third-order valence-corrected chi connectivity index (χ3v) is 20.0. The van der Waals surface area contributed by atoms with Crippen molar-refractivity contribution in [1.29, 1.82) is 10.5 Å². The van der Waals surface area contributed by atoms with E-state index in [1.54, 1.807) is 66.7 Å². The molecule has 14 aromatic carbocycles. The molecule has 0 aliphatic heterocycles. The van der Waals surface area contributed by atoms with Crippen LogP contribution in [-0.4, -0.2) is 48.0 Å². The fraction of sp³-hybridized carbons (Fsp3) is 0.0408. The van der Waals surface area contributed by atoms with Crippen molar-refractivity contribution in [3.05, 3.63) is 395 Å². The van der Waals surface area contributed by atoms with E-state index in [-0.39, 0.29) is 66.2 Å². The maximum Gasteiger partial charge on any atom is 0.338 e. The minimum atomic E-state index is -0.563. The van der Waals surface area contributed by atoms with Gasteiger partial charge in [0.15, 0.2) is 23.2 Å². The average molecular weight is 1480 g/mol. The fourth-order valence-electron chi connectivity index (χ4n) is 14.4. The number of hydrogen-bond donors (Lipinski definition) is 0. The molecular formula is C98H62N8O8. The first-order valence-corrected chi connectivity index (χ1v) is 36.6. The summed E-state index contributed by atoms with van der Waals surface area (Å²) in [6.07, 6.45) is 0. The molecule has 0 saturated heterocycles. The zero-order valence-corrected chi connectivity index (χ0v) is 60.8. The van der Waals surface area contributed by atoms with Gasteiger partial charge in [-0.25, -0.2) is 39.0 Å². The summed E-state index contributed by atoms with van der Waals surface area (Å²) in [7, 11) is 0. The van der Waals surface area contributed by atoms with E-state index in [0.29, 0.717) is 116 Å². The topological polar surface area (TPSA) is 206 Å². The van der Waals surface area contributed by atoms with E-state index < -0.39 is 23.9 Å². The molecule has 17 rings (SSSR count). The van der Waals surface area contributed by atoms with Gasteiger partial charge in [-0.2, -0.15) is 10.5 Å². The molecule has 542 valence electrons. The molecule has 0 atom stereocenters. The number of rotatable bonds is 20. The Bertz CT molecular complexity index is 6240. The van der Waals surface area contributed by atoms with Crippen LogP contribution in [0.3, 0.4) is 0 Å². The molecule has 17 aromatic rings. The van der Waals surface area contributed by atoms with Crippen LogP contribution in [0.5, 0.6) is 0 Å². The van der Waals surface area contributed by atoms with E-state index in [1.807, 2.05) is 270 Å². The van der Waals surface area contributed by atoms with Crippen molar-refractivity contribution in [3.8, 4) is 91.1 Å². The number of nitriles is 2. The molecule has 3 aromatic heterocycles. The van der Waals surface area contributed by atoms with Crippen LogP contribution in [0.15, 0.2) is 328 Å². The van der Waals surface area contributed by atoms with Crippen LogP contribution in [0, 0.1) is 29.2 Å². The van der Waals surface area contributed by atoms with Gasteiger partial charge in [-0.05, 0) is 183 Å². The minimum Gasteiger partial charge on any atom is -0.457 e. The summed E-state index contributed by atoms with van der Waals surface area (Å²) < 4.78 is 27.9. The maximum atomic E-state index is 14.3. The van der Waals surface area contributed by atoms with Crippen LogP contribution >= 0.6 is 0 Å². The molecule has 0 radical (unpaired) electrons. The quantitative estimate of drug-likeness (QED) is 0.0396. The largest absolute Gasteiger partial charge is 0.457 e. The van der Waals surface area contributed by atoms with E-state index in [2.05, 4.69) is 17.0 Å². The zero-order valence-electron chi connectivity index (χ0n) is 60.8. The average Bonchev–Trinajstić information content (AvgIpc) is 1.55. The molecule has 0 amide bonds. The van der Waals surface area contributed by atoms with Gasteiger partial charge in [0.2, 0.25) is 0 Å². The van der Waals surface area contributed by atoms with Crippen molar-refractivity contribution >= 4 is 73.2 Å². The molecule has 0 bridgehead atoms. The Hall–Kier alpha value is -16.0. The van der Waals surface area contributed by atoms with Crippen LogP contribution in [0.2, 0.25) is 0 Å².